The monoisotopic (exact) mass is 260 g/mol. The van der Waals surface area contributed by atoms with Crippen molar-refractivity contribution in [3.05, 3.63) is 34.9 Å². The number of aryl methyl sites for hydroxylation is 1. The van der Waals surface area contributed by atoms with Crippen LogP contribution < -0.4 is 10.6 Å². The van der Waals surface area contributed by atoms with E-state index < -0.39 is 0 Å². The Morgan fingerprint density at radius 2 is 1.95 bits per heavy atom. The lowest BCUT2D eigenvalue weighted by molar-refractivity contribution is 0.520. The van der Waals surface area contributed by atoms with E-state index in [1.807, 2.05) is 0 Å². The van der Waals surface area contributed by atoms with Crippen molar-refractivity contribution in [2.75, 3.05) is 13.6 Å². The van der Waals surface area contributed by atoms with Crippen molar-refractivity contribution >= 4 is 0 Å². The number of hydrogen-bond donors (Lipinski definition) is 2. The zero-order valence-corrected chi connectivity index (χ0v) is 13.0. The minimum atomic E-state index is 0.213. The van der Waals surface area contributed by atoms with E-state index in [1.165, 1.54) is 29.5 Å². The Hall–Kier alpha value is -0.860. The highest BCUT2D eigenvalue weighted by Crippen LogP contribution is 2.28. The molecule has 0 aromatic heterocycles. The van der Waals surface area contributed by atoms with Gasteiger partial charge in [0.05, 0.1) is 0 Å². The number of nitrogens with one attached hydrogen (secondary N) is 2. The molecule has 2 rings (SSSR count). The Labute approximate surface area is 118 Å². The first kappa shape index (κ1) is 14.5. The van der Waals surface area contributed by atoms with Crippen molar-refractivity contribution in [2.45, 2.75) is 58.0 Å². The molecule has 2 heteroatoms. The van der Waals surface area contributed by atoms with Crippen LogP contribution in [0, 0.1) is 6.92 Å². The lowest BCUT2D eigenvalue weighted by atomic mass is 9.84. The molecule has 1 aliphatic carbocycles. The van der Waals surface area contributed by atoms with Gasteiger partial charge in [0.1, 0.15) is 0 Å². The van der Waals surface area contributed by atoms with Crippen molar-refractivity contribution in [1.82, 2.24) is 10.6 Å². The molecule has 2 N–H and O–H groups in total. The molecular weight excluding hydrogens is 232 g/mol. The average Bonchev–Trinajstić information content (AvgIpc) is 3.14. The summed E-state index contributed by atoms with van der Waals surface area (Å²) in [6.07, 6.45) is 2.69. The molecular formula is C17H28N2. The molecule has 0 aliphatic heterocycles. The van der Waals surface area contributed by atoms with Crippen LogP contribution in [0.25, 0.3) is 0 Å². The first-order valence-electron chi connectivity index (χ1n) is 7.43. The summed E-state index contributed by atoms with van der Waals surface area (Å²) in [4.78, 5) is 0. The van der Waals surface area contributed by atoms with Gasteiger partial charge >= 0.3 is 0 Å². The molecule has 1 aliphatic rings. The fourth-order valence-corrected chi connectivity index (χ4v) is 2.42. The van der Waals surface area contributed by atoms with Gasteiger partial charge in [-0.15, -0.1) is 0 Å². The van der Waals surface area contributed by atoms with Gasteiger partial charge in [-0.1, -0.05) is 39.0 Å². The van der Waals surface area contributed by atoms with Gasteiger partial charge in [-0.05, 0) is 48.9 Å². The van der Waals surface area contributed by atoms with Gasteiger partial charge in [-0.2, -0.15) is 0 Å². The molecule has 1 saturated carbocycles. The highest BCUT2D eigenvalue weighted by Gasteiger charge is 2.23. The molecule has 0 amide bonds. The molecule has 1 unspecified atom stereocenters. The van der Waals surface area contributed by atoms with Crippen LogP contribution >= 0.6 is 0 Å². The van der Waals surface area contributed by atoms with Crippen molar-refractivity contribution in [3.63, 3.8) is 0 Å². The van der Waals surface area contributed by atoms with Gasteiger partial charge < -0.3 is 10.6 Å². The maximum atomic E-state index is 3.63. The standard InChI is InChI=1S/C17H28N2/c1-12-6-7-13(17(2,3)4)10-15(12)16(18-5)11-19-14-8-9-14/h6-7,10,14,16,18-19H,8-9,11H2,1-5H3. The maximum absolute atomic E-state index is 3.63. The Morgan fingerprint density at radius 3 is 2.47 bits per heavy atom. The van der Waals surface area contributed by atoms with E-state index in [1.54, 1.807) is 0 Å². The fourth-order valence-electron chi connectivity index (χ4n) is 2.42. The molecule has 0 heterocycles. The Bertz CT molecular complexity index is 427. The molecule has 1 fully saturated rings. The third kappa shape index (κ3) is 3.80. The van der Waals surface area contributed by atoms with E-state index in [0.717, 1.165) is 12.6 Å². The van der Waals surface area contributed by atoms with Crippen LogP contribution in [0.5, 0.6) is 0 Å². The summed E-state index contributed by atoms with van der Waals surface area (Å²) in [6.45, 7) is 10.1. The second kappa shape index (κ2) is 5.64. The van der Waals surface area contributed by atoms with Gasteiger partial charge in [0.15, 0.2) is 0 Å². The van der Waals surface area contributed by atoms with Crippen molar-refractivity contribution in [2.24, 2.45) is 0 Å². The molecule has 106 valence electrons. The van der Waals surface area contributed by atoms with Crippen LogP contribution in [0.1, 0.15) is 56.3 Å². The normalized spacial score (nSPS) is 17.5. The quantitative estimate of drug-likeness (QED) is 0.849. The summed E-state index contributed by atoms with van der Waals surface area (Å²) in [5, 5.41) is 7.09. The van der Waals surface area contributed by atoms with E-state index in [2.05, 4.69) is 63.6 Å². The third-order valence-electron chi connectivity index (χ3n) is 4.06. The first-order chi connectivity index (χ1) is 8.91. The molecule has 19 heavy (non-hydrogen) atoms. The number of rotatable bonds is 5. The van der Waals surface area contributed by atoms with Crippen molar-refractivity contribution < 1.29 is 0 Å². The first-order valence-corrected chi connectivity index (χ1v) is 7.43. The van der Waals surface area contributed by atoms with E-state index in [-0.39, 0.29) is 5.41 Å². The molecule has 0 radical (unpaired) electrons. The summed E-state index contributed by atoms with van der Waals surface area (Å²) >= 11 is 0. The molecule has 0 bridgehead atoms. The van der Waals surface area contributed by atoms with E-state index in [0.29, 0.717) is 6.04 Å². The summed E-state index contributed by atoms with van der Waals surface area (Å²) < 4.78 is 0. The number of benzene rings is 1. The summed E-state index contributed by atoms with van der Waals surface area (Å²) in [7, 11) is 2.06. The second-order valence-corrected chi connectivity index (χ2v) is 6.85. The van der Waals surface area contributed by atoms with Crippen LogP contribution in [0.15, 0.2) is 18.2 Å². The summed E-state index contributed by atoms with van der Waals surface area (Å²) in [5.74, 6) is 0. The smallest absolute Gasteiger partial charge is 0.0447 e. The Balaban J connectivity index is 2.19. The van der Waals surface area contributed by atoms with Crippen LogP contribution in [0.2, 0.25) is 0 Å². The second-order valence-electron chi connectivity index (χ2n) is 6.85. The van der Waals surface area contributed by atoms with Crippen LogP contribution in [-0.2, 0) is 5.41 Å². The third-order valence-corrected chi connectivity index (χ3v) is 4.06. The molecule has 1 aromatic rings. The van der Waals surface area contributed by atoms with Gasteiger partial charge in [-0.25, -0.2) is 0 Å². The van der Waals surface area contributed by atoms with Gasteiger partial charge in [0.25, 0.3) is 0 Å². The van der Waals surface area contributed by atoms with E-state index >= 15 is 0 Å². The summed E-state index contributed by atoms with van der Waals surface area (Å²) in [5.41, 5.74) is 4.44. The molecule has 0 spiro atoms. The molecule has 0 saturated heterocycles. The predicted molar refractivity (Wildman–Crippen MR) is 82.7 cm³/mol. The van der Waals surface area contributed by atoms with Crippen molar-refractivity contribution in [3.8, 4) is 0 Å². The predicted octanol–water partition coefficient (Wildman–Crippen LogP) is 3.31. The van der Waals surface area contributed by atoms with Gasteiger partial charge in [-0.3, -0.25) is 0 Å². The average molecular weight is 260 g/mol. The van der Waals surface area contributed by atoms with E-state index in [4.69, 9.17) is 0 Å². The van der Waals surface area contributed by atoms with Crippen LogP contribution in [0.3, 0.4) is 0 Å². The highest BCUT2D eigenvalue weighted by molar-refractivity contribution is 5.36. The lowest BCUT2D eigenvalue weighted by Gasteiger charge is -2.24. The van der Waals surface area contributed by atoms with Crippen LogP contribution in [-0.4, -0.2) is 19.6 Å². The molecule has 2 nitrogen and oxygen atoms in total. The zero-order valence-electron chi connectivity index (χ0n) is 13.0. The topological polar surface area (TPSA) is 24.1 Å². The minimum Gasteiger partial charge on any atom is -0.312 e. The molecule has 1 atom stereocenters. The SMILES string of the molecule is CNC(CNC1CC1)c1cc(C(C)(C)C)ccc1C. The highest BCUT2D eigenvalue weighted by atomic mass is 15.0. The summed E-state index contributed by atoms with van der Waals surface area (Å²) in [6, 6.07) is 8.08. The van der Waals surface area contributed by atoms with Crippen LogP contribution in [0.4, 0.5) is 0 Å². The largest absolute Gasteiger partial charge is 0.312 e. The van der Waals surface area contributed by atoms with E-state index in [9.17, 15) is 0 Å². The van der Waals surface area contributed by atoms with Gasteiger partial charge in [0.2, 0.25) is 0 Å². The number of hydrogen-bond acceptors (Lipinski definition) is 2. The zero-order chi connectivity index (χ0) is 14.0. The molecule has 1 aromatic carbocycles. The number of likely N-dealkylation sites (N-methyl/N-ethyl adjacent to an activating group) is 1. The Kier molecular flexibility index (Phi) is 4.32. The maximum Gasteiger partial charge on any atom is 0.0447 e. The Morgan fingerprint density at radius 1 is 1.26 bits per heavy atom. The lowest BCUT2D eigenvalue weighted by Crippen LogP contribution is -2.31. The van der Waals surface area contributed by atoms with Gasteiger partial charge in [0, 0.05) is 18.6 Å². The minimum absolute atomic E-state index is 0.213. The fraction of sp³-hybridized carbons (Fsp3) is 0.647. The van der Waals surface area contributed by atoms with Crippen molar-refractivity contribution in [1.29, 1.82) is 0 Å².